The highest BCUT2D eigenvalue weighted by atomic mass is 32.1. The molecule has 0 radical (unpaired) electrons. The van der Waals surface area contributed by atoms with E-state index in [9.17, 15) is 0 Å². The lowest BCUT2D eigenvalue weighted by molar-refractivity contribution is 0.477. The summed E-state index contributed by atoms with van der Waals surface area (Å²) in [6, 6.07) is 36.6. The molecule has 0 N–H and O–H groups in total. The van der Waals surface area contributed by atoms with Crippen LogP contribution in [-0.4, -0.2) is 0 Å². The molecule has 0 spiro atoms. The third-order valence-electron chi connectivity index (χ3n) is 6.66. The first-order valence-corrected chi connectivity index (χ1v) is 12.9. The molecule has 8 rings (SSSR count). The van der Waals surface area contributed by atoms with Gasteiger partial charge in [-0.2, -0.15) is 0 Å². The fourth-order valence-corrected chi connectivity index (χ4v) is 7.73. The van der Waals surface area contributed by atoms with Crippen molar-refractivity contribution >= 4 is 80.1 Å². The van der Waals surface area contributed by atoms with Crippen LogP contribution in [-0.2, 0) is 0 Å². The van der Waals surface area contributed by atoms with Crippen LogP contribution in [0.2, 0.25) is 0 Å². The molecule has 0 saturated carbocycles. The number of fused-ring (bicyclic) bond motifs is 9. The van der Waals surface area contributed by atoms with E-state index in [1.54, 1.807) is 0 Å². The van der Waals surface area contributed by atoms with Gasteiger partial charge in [0.05, 0.1) is 21.8 Å². The van der Waals surface area contributed by atoms with Crippen LogP contribution in [0.1, 0.15) is 0 Å². The van der Waals surface area contributed by atoms with E-state index in [1.807, 2.05) is 46.9 Å². The minimum atomic E-state index is 0.880. The monoisotopic (exact) mass is 471 g/mol. The first-order chi connectivity index (χ1) is 16.9. The zero-order chi connectivity index (χ0) is 22.2. The lowest BCUT2D eigenvalue weighted by Gasteiger charge is -2.33. The van der Waals surface area contributed by atoms with Gasteiger partial charge in [0.2, 0.25) is 0 Å². The van der Waals surface area contributed by atoms with Gasteiger partial charge in [0, 0.05) is 35.6 Å². The van der Waals surface area contributed by atoms with E-state index in [4.69, 9.17) is 4.74 Å². The standard InChI is InChI=1S/C30H17NOS2/c1-6-15-26-20(8-1)28-27(33-26)17-16-19-18-9-7-12-23(29(18)34-30(19)28)31-21-10-2-4-13-24(21)32-25-14-5-3-11-22(25)31/h1-17H. The lowest BCUT2D eigenvalue weighted by atomic mass is 10.1. The molecule has 4 heteroatoms. The maximum atomic E-state index is 6.26. The second-order valence-electron chi connectivity index (χ2n) is 8.54. The summed E-state index contributed by atoms with van der Waals surface area (Å²) in [6.45, 7) is 0. The van der Waals surface area contributed by atoms with Crippen molar-refractivity contribution in [2.75, 3.05) is 4.90 Å². The van der Waals surface area contributed by atoms with E-state index < -0.39 is 0 Å². The summed E-state index contributed by atoms with van der Waals surface area (Å²) in [5.74, 6) is 1.76. The molecule has 2 nitrogen and oxygen atoms in total. The van der Waals surface area contributed by atoms with Crippen molar-refractivity contribution in [3.05, 3.63) is 103 Å². The summed E-state index contributed by atoms with van der Waals surface area (Å²) in [5, 5.41) is 5.36. The first-order valence-electron chi connectivity index (χ1n) is 11.3. The molecular weight excluding hydrogens is 454 g/mol. The zero-order valence-corrected chi connectivity index (χ0v) is 19.6. The summed E-state index contributed by atoms with van der Waals surface area (Å²) in [6.07, 6.45) is 0. The van der Waals surface area contributed by atoms with Crippen LogP contribution in [0.15, 0.2) is 103 Å². The van der Waals surface area contributed by atoms with Crippen molar-refractivity contribution in [1.82, 2.24) is 0 Å². The number of anilines is 3. The highest BCUT2D eigenvalue weighted by molar-refractivity contribution is 7.30. The van der Waals surface area contributed by atoms with Gasteiger partial charge < -0.3 is 9.64 Å². The molecule has 2 aromatic heterocycles. The zero-order valence-electron chi connectivity index (χ0n) is 18.0. The van der Waals surface area contributed by atoms with Crippen LogP contribution in [0.25, 0.3) is 40.3 Å². The summed E-state index contributed by atoms with van der Waals surface area (Å²) < 4.78 is 11.6. The largest absolute Gasteiger partial charge is 0.453 e. The normalized spacial score (nSPS) is 12.9. The van der Waals surface area contributed by atoms with Gasteiger partial charge in [-0.1, -0.05) is 60.7 Å². The molecule has 5 aromatic carbocycles. The Morgan fingerprint density at radius 3 is 1.94 bits per heavy atom. The number of rotatable bonds is 1. The molecule has 1 aliphatic rings. The van der Waals surface area contributed by atoms with Gasteiger partial charge in [-0.3, -0.25) is 0 Å². The number of hydrogen-bond acceptors (Lipinski definition) is 4. The third kappa shape index (κ3) is 2.44. The lowest BCUT2D eigenvalue weighted by Crippen LogP contribution is -2.15. The summed E-state index contributed by atoms with van der Waals surface area (Å²) in [7, 11) is 0. The fourth-order valence-electron chi connectivity index (χ4n) is 5.19. The van der Waals surface area contributed by atoms with Crippen molar-refractivity contribution < 1.29 is 4.74 Å². The Morgan fingerprint density at radius 2 is 1.12 bits per heavy atom. The van der Waals surface area contributed by atoms with Crippen molar-refractivity contribution in [3.63, 3.8) is 0 Å². The molecule has 0 atom stereocenters. The molecule has 0 saturated heterocycles. The Labute approximate surface area is 203 Å². The number of para-hydroxylation sites is 4. The summed E-state index contributed by atoms with van der Waals surface area (Å²) in [5.41, 5.74) is 3.32. The van der Waals surface area contributed by atoms with Crippen LogP contribution in [0.3, 0.4) is 0 Å². The highest BCUT2D eigenvalue weighted by Gasteiger charge is 2.27. The summed E-state index contributed by atoms with van der Waals surface area (Å²) >= 11 is 3.78. The van der Waals surface area contributed by atoms with Gasteiger partial charge in [0.1, 0.15) is 0 Å². The van der Waals surface area contributed by atoms with E-state index in [0.29, 0.717) is 0 Å². The van der Waals surface area contributed by atoms with Crippen molar-refractivity contribution in [2.45, 2.75) is 0 Å². The minimum Gasteiger partial charge on any atom is -0.453 e. The Hall–Kier alpha value is -3.86. The SMILES string of the molecule is c1ccc2c(c1)Oc1ccccc1N2c1cccc2c1sc1c2ccc2sc3ccccc3c21. The van der Waals surface area contributed by atoms with Gasteiger partial charge in [0.25, 0.3) is 0 Å². The molecule has 160 valence electrons. The number of benzene rings is 5. The number of nitrogens with zero attached hydrogens (tertiary/aromatic N) is 1. The van der Waals surface area contributed by atoms with Gasteiger partial charge in [-0.05, 0) is 42.5 Å². The van der Waals surface area contributed by atoms with Crippen LogP contribution >= 0.6 is 22.7 Å². The topological polar surface area (TPSA) is 12.5 Å². The van der Waals surface area contributed by atoms with E-state index in [0.717, 1.165) is 22.9 Å². The second kappa shape index (κ2) is 6.83. The Kier molecular flexibility index (Phi) is 3.73. The molecule has 0 amide bonds. The van der Waals surface area contributed by atoms with Crippen LogP contribution in [0, 0.1) is 0 Å². The van der Waals surface area contributed by atoms with E-state index in [2.05, 4.69) is 83.8 Å². The van der Waals surface area contributed by atoms with Gasteiger partial charge >= 0.3 is 0 Å². The smallest absolute Gasteiger partial charge is 0.151 e. The Morgan fingerprint density at radius 1 is 0.471 bits per heavy atom. The summed E-state index contributed by atoms with van der Waals surface area (Å²) in [4.78, 5) is 2.36. The van der Waals surface area contributed by atoms with Crippen LogP contribution in [0.4, 0.5) is 17.1 Å². The predicted octanol–water partition coefficient (Wildman–Crippen LogP) is 10.00. The average Bonchev–Trinajstić information content (AvgIpc) is 3.45. The molecule has 0 aliphatic carbocycles. The average molecular weight is 472 g/mol. The van der Waals surface area contributed by atoms with Crippen LogP contribution in [0.5, 0.6) is 11.5 Å². The maximum absolute atomic E-state index is 6.26. The van der Waals surface area contributed by atoms with Crippen molar-refractivity contribution in [2.24, 2.45) is 0 Å². The van der Waals surface area contributed by atoms with E-state index >= 15 is 0 Å². The number of thiophene rings is 2. The molecule has 0 unspecified atom stereocenters. The second-order valence-corrected chi connectivity index (χ2v) is 10.6. The van der Waals surface area contributed by atoms with Crippen LogP contribution < -0.4 is 9.64 Å². The van der Waals surface area contributed by atoms with E-state index in [-0.39, 0.29) is 0 Å². The number of ether oxygens (including phenoxy) is 1. The molecule has 1 aliphatic heterocycles. The van der Waals surface area contributed by atoms with E-state index in [1.165, 1.54) is 46.0 Å². The predicted molar refractivity (Wildman–Crippen MR) is 147 cm³/mol. The van der Waals surface area contributed by atoms with Crippen molar-refractivity contribution in [1.29, 1.82) is 0 Å². The quantitative estimate of drug-likeness (QED) is 0.236. The molecular formula is C30H17NOS2. The molecule has 34 heavy (non-hydrogen) atoms. The molecule has 3 heterocycles. The minimum absolute atomic E-state index is 0.880. The van der Waals surface area contributed by atoms with Gasteiger partial charge in [0.15, 0.2) is 11.5 Å². The highest BCUT2D eigenvalue weighted by Crippen LogP contribution is 2.54. The maximum Gasteiger partial charge on any atom is 0.151 e. The number of hydrogen-bond donors (Lipinski definition) is 0. The molecule has 0 fully saturated rings. The Balaban J connectivity index is 1.49. The van der Waals surface area contributed by atoms with Gasteiger partial charge in [-0.15, -0.1) is 22.7 Å². The van der Waals surface area contributed by atoms with Gasteiger partial charge in [-0.25, -0.2) is 0 Å². The fraction of sp³-hybridized carbons (Fsp3) is 0. The Bertz CT molecular complexity index is 1870. The van der Waals surface area contributed by atoms with Crippen molar-refractivity contribution in [3.8, 4) is 11.5 Å². The molecule has 7 aromatic rings. The first kappa shape index (κ1) is 18.6. The third-order valence-corrected chi connectivity index (χ3v) is 9.05. The molecule has 0 bridgehead atoms.